The largest absolute Gasteiger partial charge is 0.444 e. The van der Waals surface area contributed by atoms with E-state index in [-0.39, 0.29) is 11.4 Å². The number of hydrogen-bond acceptors (Lipinski definition) is 5. The lowest BCUT2D eigenvalue weighted by Crippen LogP contribution is -2.46. The Morgan fingerprint density at radius 1 is 1.13 bits per heavy atom. The number of fused-ring (bicyclic) bond motifs is 1. The van der Waals surface area contributed by atoms with Crippen LogP contribution in [0.2, 0.25) is 5.02 Å². The molecule has 0 bridgehead atoms. The van der Waals surface area contributed by atoms with E-state index in [9.17, 15) is 13.2 Å². The Labute approximate surface area is 189 Å². The van der Waals surface area contributed by atoms with Gasteiger partial charge < -0.3 is 14.5 Å². The minimum Gasteiger partial charge on any atom is -0.444 e. The first kappa shape index (κ1) is 23.4. The minimum absolute atomic E-state index is 0.0545. The van der Waals surface area contributed by atoms with Crippen LogP contribution in [0.15, 0.2) is 53.4 Å². The highest BCUT2D eigenvalue weighted by molar-refractivity contribution is 7.92. The van der Waals surface area contributed by atoms with Crippen LogP contribution in [0, 0.1) is 0 Å². The van der Waals surface area contributed by atoms with Gasteiger partial charge in [0, 0.05) is 31.1 Å². The zero-order valence-corrected chi connectivity index (χ0v) is 19.6. The van der Waals surface area contributed by atoms with Gasteiger partial charge in [0.15, 0.2) is 0 Å². The van der Waals surface area contributed by atoms with Crippen molar-refractivity contribution in [1.82, 2.24) is 9.80 Å². The topological polar surface area (TPSA) is 70.2 Å². The lowest BCUT2D eigenvalue weighted by Gasteiger charge is -2.35. The molecule has 0 spiro atoms. The summed E-state index contributed by atoms with van der Waals surface area (Å²) in [5.41, 5.74) is 1.42. The molecule has 1 aliphatic heterocycles. The maximum absolute atomic E-state index is 13.4. The number of carbonyl (C=O) groups is 1. The summed E-state index contributed by atoms with van der Waals surface area (Å²) in [5, 5.41) is 0.460. The van der Waals surface area contributed by atoms with Crippen molar-refractivity contribution in [2.75, 3.05) is 44.6 Å². The summed E-state index contributed by atoms with van der Waals surface area (Å²) < 4.78 is 33.9. The van der Waals surface area contributed by atoms with E-state index in [1.54, 1.807) is 29.2 Å². The van der Waals surface area contributed by atoms with E-state index in [1.807, 2.05) is 38.1 Å². The van der Waals surface area contributed by atoms with E-state index in [2.05, 4.69) is 0 Å². The highest BCUT2D eigenvalue weighted by Gasteiger charge is 2.35. The molecule has 0 unspecified atom stereocenters. The van der Waals surface area contributed by atoms with Gasteiger partial charge >= 0.3 is 6.09 Å². The van der Waals surface area contributed by atoms with Gasteiger partial charge in [0.05, 0.1) is 17.1 Å². The fourth-order valence-corrected chi connectivity index (χ4v) is 5.14. The maximum atomic E-state index is 13.4. The number of amides is 1. The number of sulfonamides is 1. The Kier molecular flexibility index (Phi) is 7.46. The van der Waals surface area contributed by atoms with E-state index in [1.165, 1.54) is 16.4 Å². The molecule has 3 rings (SSSR count). The predicted octanol–water partition coefficient (Wildman–Crippen LogP) is 3.48. The number of nitrogens with zero attached hydrogens (tertiary/aromatic N) is 3. The summed E-state index contributed by atoms with van der Waals surface area (Å²) in [5.74, 6) is 0. The molecule has 7 nitrogen and oxygen atoms in total. The second-order valence-corrected chi connectivity index (χ2v) is 10.0. The Bertz CT molecular complexity index is 1010. The number of hydrogen-bond donors (Lipinski definition) is 0. The molecule has 2 aromatic carbocycles. The van der Waals surface area contributed by atoms with E-state index in [0.717, 1.165) is 5.56 Å². The van der Waals surface area contributed by atoms with Crippen LogP contribution in [0.25, 0.3) is 0 Å². The first-order valence-electron chi connectivity index (χ1n) is 10.2. The van der Waals surface area contributed by atoms with Crippen molar-refractivity contribution in [1.29, 1.82) is 0 Å². The minimum atomic E-state index is -3.85. The van der Waals surface area contributed by atoms with E-state index >= 15 is 0 Å². The fourth-order valence-electron chi connectivity index (χ4n) is 3.48. The number of ether oxygens (including phenoxy) is 1. The van der Waals surface area contributed by atoms with Crippen molar-refractivity contribution >= 4 is 33.4 Å². The quantitative estimate of drug-likeness (QED) is 0.626. The van der Waals surface area contributed by atoms with Crippen molar-refractivity contribution < 1.29 is 17.9 Å². The second kappa shape index (κ2) is 9.89. The normalized spacial score (nSPS) is 16.2. The lowest BCUT2D eigenvalue weighted by molar-refractivity contribution is 0.0647. The average Bonchev–Trinajstić information content (AvgIpc) is 2.73. The number of benzene rings is 2. The molecular formula is C22H28ClN3O4S. The molecule has 1 heterocycles. The second-order valence-electron chi connectivity index (χ2n) is 7.71. The highest BCUT2D eigenvalue weighted by Crippen LogP contribution is 2.33. The van der Waals surface area contributed by atoms with Gasteiger partial charge in [-0.1, -0.05) is 29.8 Å². The molecule has 0 N–H and O–H groups in total. The summed E-state index contributed by atoms with van der Waals surface area (Å²) in [4.78, 5) is 16.5. The molecule has 0 aliphatic carbocycles. The van der Waals surface area contributed by atoms with Gasteiger partial charge in [-0.25, -0.2) is 13.2 Å². The van der Waals surface area contributed by atoms with Crippen molar-refractivity contribution in [3.05, 3.63) is 59.1 Å². The molecule has 0 saturated heterocycles. The van der Waals surface area contributed by atoms with Crippen molar-refractivity contribution in [3.63, 3.8) is 0 Å². The van der Waals surface area contributed by atoms with E-state index in [0.29, 0.717) is 36.8 Å². The molecule has 0 fully saturated rings. The van der Waals surface area contributed by atoms with Crippen LogP contribution < -0.4 is 4.31 Å². The van der Waals surface area contributed by atoms with Gasteiger partial charge in [-0.05, 0) is 56.9 Å². The fraction of sp³-hybridized carbons (Fsp3) is 0.409. The molecule has 2 aromatic rings. The van der Waals surface area contributed by atoms with Crippen molar-refractivity contribution in [2.24, 2.45) is 0 Å². The molecular weight excluding hydrogens is 438 g/mol. The molecule has 168 valence electrons. The number of carbonyl (C=O) groups excluding carboxylic acids is 1. The molecule has 9 heteroatoms. The van der Waals surface area contributed by atoms with Crippen LogP contribution in [-0.2, 0) is 21.2 Å². The van der Waals surface area contributed by atoms with Crippen molar-refractivity contribution in [2.45, 2.75) is 24.3 Å². The molecule has 31 heavy (non-hydrogen) atoms. The van der Waals surface area contributed by atoms with Gasteiger partial charge in [0.2, 0.25) is 0 Å². The Morgan fingerprint density at radius 2 is 1.81 bits per heavy atom. The molecule has 1 aliphatic rings. The third-order valence-electron chi connectivity index (χ3n) is 5.20. The number of anilines is 1. The van der Waals surface area contributed by atoms with Crippen LogP contribution in [0.5, 0.6) is 0 Å². The Balaban J connectivity index is 1.85. The van der Waals surface area contributed by atoms with Gasteiger partial charge in [0.25, 0.3) is 10.0 Å². The van der Waals surface area contributed by atoms with Gasteiger partial charge in [-0.2, -0.15) is 0 Å². The average molecular weight is 466 g/mol. The molecule has 0 radical (unpaired) electrons. The number of rotatable bonds is 7. The summed E-state index contributed by atoms with van der Waals surface area (Å²) in [7, 11) is 0.0374. The first-order valence-corrected chi connectivity index (χ1v) is 12.0. The number of halogens is 1. The summed E-state index contributed by atoms with van der Waals surface area (Å²) in [6.45, 7) is 3.72. The SMILES string of the molecule is CCN(CCN(C)C)C(=O)O[C@H]1Cc2ccccc2N(S(=O)(=O)c2ccc(Cl)cc2)C1. The standard InChI is InChI=1S/C22H28ClN3O4S/c1-4-25(14-13-24(2)3)22(27)30-19-15-17-7-5-6-8-21(17)26(16-19)31(28,29)20-11-9-18(23)10-12-20/h5-12,19H,4,13-16H2,1-3H3/t19-/m0/s1. The Morgan fingerprint density at radius 3 is 2.45 bits per heavy atom. The van der Waals surface area contributed by atoms with Crippen LogP contribution >= 0.6 is 11.6 Å². The predicted molar refractivity (Wildman–Crippen MR) is 122 cm³/mol. The third kappa shape index (κ3) is 5.50. The molecule has 1 atom stereocenters. The third-order valence-corrected chi connectivity index (χ3v) is 7.25. The van der Waals surface area contributed by atoms with Gasteiger partial charge in [-0.15, -0.1) is 0 Å². The molecule has 0 aromatic heterocycles. The highest BCUT2D eigenvalue weighted by atomic mass is 35.5. The monoisotopic (exact) mass is 465 g/mol. The smallest absolute Gasteiger partial charge is 0.410 e. The van der Waals surface area contributed by atoms with Gasteiger partial charge in [0.1, 0.15) is 6.10 Å². The zero-order chi connectivity index (χ0) is 22.6. The Hall–Kier alpha value is -2.29. The van der Waals surface area contributed by atoms with Crippen LogP contribution in [0.3, 0.4) is 0 Å². The lowest BCUT2D eigenvalue weighted by atomic mass is 10.0. The van der Waals surface area contributed by atoms with Crippen LogP contribution in [0.1, 0.15) is 12.5 Å². The number of para-hydroxylation sites is 1. The maximum Gasteiger partial charge on any atom is 0.410 e. The summed E-state index contributed by atoms with van der Waals surface area (Å²) in [6, 6.07) is 13.4. The molecule has 1 amide bonds. The number of likely N-dealkylation sites (N-methyl/N-ethyl adjacent to an activating group) is 2. The van der Waals surface area contributed by atoms with Gasteiger partial charge in [-0.3, -0.25) is 4.31 Å². The summed E-state index contributed by atoms with van der Waals surface area (Å²) in [6.07, 6.45) is -0.560. The first-order chi connectivity index (χ1) is 14.7. The van der Waals surface area contributed by atoms with E-state index < -0.39 is 22.2 Å². The summed E-state index contributed by atoms with van der Waals surface area (Å²) >= 11 is 5.92. The zero-order valence-electron chi connectivity index (χ0n) is 18.0. The van der Waals surface area contributed by atoms with Crippen LogP contribution in [0.4, 0.5) is 10.5 Å². The van der Waals surface area contributed by atoms with Crippen LogP contribution in [-0.4, -0.2) is 70.7 Å². The molecule has 0 saturated carbocycles. The van der Waals surface area contributed by atoms with Crippen molar-refractivity contribution in [3.8, 4) is 0 Å². The van der Waals surface area contributed by atoms with E-state index in [4.69, 9.17) is 16.3 Å².